The second-order valence-electron chi connectivity index (χ2n) is 5.50. The third-order valence-corrected chi connectivity index (χ3v) is 4.07. The third kappa shape index (κ3) is 4.26. The lowest BCUT2D eigenvalue weighted by atomic mass is 9.80. The zero-order valence-electron chi connectivity index (χ0n) is 13.2. The topological polar surface area (TPSA) is 29.3 Å². The van der Waals surface area contributed by atoms with E-state index >= 15 is 0 Å². The quantitative estimate of drug-likeness (QED) is 0.700. The molecule has 1 aromatic rings. The molecule has 2 atom stereocenters. The van der Waals surface area contributed by atoms with Gasteiger partial charge in [0.15, 0.2) is 0 Å². The van der Waals surface area contributed by atoms with Gasteiger partial charge in [-0.3, -0.25) is 4.90 Å². The van der Waals surface area contributed by atoms with Gasteiger partial charge in [0.05, 0.1) is 5.54 Å². The Morgan fingerprint density at radius 2 is 1.76 bits per heavy atom. The van der Waals surface area contributed by atoms with Crippen molar-refractivity contribution in [3.8, 4) is 0 Å². The van der Waals surface area contributed by atoms with E-state index in [1.807, 2.05) is 12.2 Å². The van der Waals surface area contributed by atoms with E-state index in [4.69, 9.17) is 5.73 Å². The smallest absolute Gasteiger partial charge is 0.123 e. The van der Waals surface area contributed by atoms with Gasteiger partial charge in [-0.1, -0.05) is 37.6 Å². The maximum Gasteiger partial charge on any atom is 0.123 e. The van der Waals surface area contributed by atoms with Gasteiger partial charge < -0.3 is 5.73 Å². The predicted molar refractivity (Wildman–Crippen MR) is 88.6 cm³/mol. The van der Waals surface area contributed by atoms with E-state index in [1.165, 1.54) is 12.1 Å². The van der Waals surface area contributed by atoms with Gasteiger partial charge in [-0.25, -0.2) is 4.39 Å². The van der Waals surface area contributed by atoms with Crippen molar-refractivity contribution in [1.29, 1.82) is 0 Å². The summed E-state index contributed by atoms with van der Waals surface area (Å²) < 4.78 is 13.2. The summed E-state index contributed by atoms with van der Waals surface area (Å²) in [4.78, 5) is 2.24. The Kier molecular flexibility index (Phi) is 6.79. The Bertz CT molecular complexity index is 445. The largest absolute Gasteiger partial charge is 0.320 e. The molecule has 1 rings (SSSR count). The number of nitrogens with zero attached hydrogens (tertiary/aromatic N) is 1. The van der Waals surface area contributed by atoms with E-state index in [0.29, 0.717) is 0 Å². The lowest BCUT2D eigenvalue weighted by molar-refractivity contribution is 0.149. The van der Waals surface area contributed by atoms with E-state index in [-0.39, 0.29) is 11.9 Å². The number of halogens is 1. The Morgan fingerprint density at radius 1 is 1.24 bits per heavy atom. The van der Waals surface area contributed by atoms with Crippen molar-refractivity contribution in [2.75, 3.05) is 13.1 Å². The van der Waals surface area contributed by atoms with Crippen molar-refractivity contribution in [2.45, 2.75) is 38.3 Å². The number of hydrogen-bond donors (Lipinski definition) is 1. The van der Waals surface area contributed by atoms with Crippen LogP contribution in [-0.2, 0) is 5.54 Å². The molecule has 0 saturated carbocycles. The zero-order valence-corrected chi connectivity index (χ0v) is 13.2. The molecule has 2 unspecified atom stereocenters. The second kappa shape index (κ2) is 8.11. The summed E-state index contributed by atoms with van der Waals surface area (Å²) in [6, 6.07) is 6.64. The van der Waals surface area contributed by atoms with Crippen molar-refractivity contribution >= 4 is 0 Å². The molecule has 3 heteroatoms. The average molecular weight is 290 g/mol. The summed E-state index contributed by atoms with van der Waals surface area (Å²) in [6.07, 6.45) is 5.55. The van der Waals surface area contributed by atoms with E-state index in [0.717, 1.165) is 31.5 Å². The maximum absolute atomic E-state index is 13.2. The first-order valence-electron chi connectivity index (χ1n) is 7.50. The van der Waals surface area contributed by atoms with Crippen LogP contribution < -0.4 is 5.73 Å². The highest BCUT2D eigenvalue weighted by atomic mass is 19.1. The van der Waals surface area contributed by atoms with Crippen LogP contribution in [0.1, 0.15) is 32.3 Å². The number of benzene rings is 1. The highest BCUT2D eigenvalue weighted by Gasteiger charge is 2.35. The summed E-state index contributed by atoms with van der Waals surface area (Å²) in [5.41, 5.74) is 7.20. The summed E-state index contributed by atoms with van der Waals surface area (Å²) >= 11 is 0. The van der Waals surface area contributed by atoms with Crippen LogP contribution in [0.3, 0.4) is 0 Å². The summed E-state index contributed by atoms with van der Waals surface area (Å²) in [5.74, 6) is -0.237. The minimum absolute atomic E-state index is 0.0962. The van der Waals surface area contributed by atoms with E-state index < -0.39 is 5.54 Å². The Labute approximate surface area is 128 Å². The van der Waals surface area contributed by atoms with Crippen LogP contribution in [0.4, 0.5) is 4.39 Å². The Morgan fingerprint density at radius 3 is 2.19 bits per heavy atom. The lowest BCUT2D eigenvalue weighted by Crippen LogP contribution is -2.54. The molecule has 2 nitrogen and oxygen atoms in total. The fourth-order valence-electron chi connectivity index (χ4n) is 2.82. The van der Waals surface area contributed by atoms with E-state index in [2.05, 4.69) is 31.9 Å². The molecule has 0 heterocycles. The van der Waals surface area contributed by atoms with Crippen LogP contribution in [0.5, 0.6) is 0 Å². The maximum atomic E-state index is 13.2. The van der Waals surface area contributed by atoms with Crippen LogP contribution >= 0.6 is 0 Å². The molecule has 0 bridgehead atoms. The van der Waals surface area contributed by atoms with Gasteiger partial charge in [-0.2, -0.15) is 0 Å². The summed E-state index contributed by atoms with van der Waals surface area (Å²) in [6.45, 7) is 13.3. The molecule has 2 N–H and O–H groups in total. The molecule has 0 fully saturated rings. The fraction of sp³-hybridized carbons (Fsp3) is 0.444. The average Bonchev–Trinajstić information content (AvgIpc) is 2.47. The number of rotatable bonds is 9. The summed E-state index contributed by atoms with van der Waals surface area (Å²) in [7, 11) is 0. The molecule has 1 aromatic carbocycles. The van der Waals surface area contributed by atoms with E-state index in [1.54, 1.807) is 12.1 Å². The SMILES string of the molecule is C=CCN(CC=C)C(C)C(N)(CCC)c1ccc(F)cc1. The van der Waals surface area contributed by atoms with Gasteiger partial charge in [-0.15, -0.1) is 13.2 Å². The van der Waals surface area contributed by atoms with Crippen molar-refractivity contribution in [3.63, 3.8) is 0 Å². The molecular formula is C18H27FN2. The third-order valence-electron chi connectivity index (χ3n) is 4.07. The minimum atomic E-state index is -0.519. The van der Waals surface area contributed by atoms with Crippen molar-refractivity contribution < 1.29 is 4.39 Å². The Balaban J connectivity index is 3.14. The monoisotopic (exact) mass is 290 g/mol. The highest BCUT2D eigenvalue weighted by Crippen LogP contribution is 2.31. The molecule has 0 aromatic heterocycles. The van der Waals surface area contributed by atoms with Gasteiger partial charge in [0.2, 0.25) is 0 Å². The number of hydrogen-bond acceptors (Lipinski definition) is 2. The molecule has 0 aliphatic heterocycles. The normalized spacial score (nSPS) is 15.5. The highest BCUT2D eigenvalue weighted by molar-refractivity contribution is 5.27. The Hall–Kier alpha value is -1.45. The second-order valence-corrected chi connectivity index (χ2v) is 5.50. The molecule has 116 valence electrons. The van der Waals surface area contributed by atoms with Crippen LogP contribution in [0.15, 0.2) is 49.6 Å². The van der Waals surface area contributed by atoms with Crippen LogP contribution in [0.2, 0.25) is 0 Å². The molecule has 0 aliphatic carbocycles. The first-order chi connectivity index (χ1) is 9.99. The number of nitrogens with two attached hydrogens (primary N) is 1. The molecule has 0 radical (unpaired) electrons. The standard InChI is InChI=1S/C18H27FN2/c1-5-12-18(20,16-8-10-17(19)11-9-16)15(4)21(13-6-2)14-7-3/h6-11,15H,2-3,5,12-14,20H2,1,4H3. The molecule has 0 spiro atoms. The van der Waals surface area contributed by atoms with Crippen molar-refractivity contribution in [3.05, 3.63) is 61.0 Å². The summed E-state index contributed by atoms with van der Waals surface area (Å²) in [5, 5.41) is 0. The molecule has 0 amide bonds. The fourth-order valence-corrected chi connectivity index (χ4v) is 2.82. The lowest BCUT2D eigenvalue weighted by Gasteiger charge is -2.42. The van der Waals surface area contributed by atoms with Crippen molar-refractivity contribution in [1.82, 2.24) is 4.90 Å². The molecule has 0 saturated heterocycles. The van der Waals surface area contributed by atoms with Crippen LogP contribution in [0, 0.1) is 5.82 Å². The van der Waals surface area contributed by atoms with Gasteiger partial charge in [0.1, 0.15) is 5.82 Å². The zero-order chi connectivity index (χ0) is 15.9. The first kappa shape index (κ1) is 17.6. The molecular weight excluding hydrogens is 263 g/mol. The van der Waals surface area contributed by atoms with Gasteiger partial charge in [-0.05, 0) is 31.0 Å². The van der Waals surface area contributed by atoms with Gasteiger partial charge in [0, 0.05) is 19.1 Å². The van der Waals surface area contributed by atoms with Crippen LogP contribution in [-0.4, -0.2) is 24.0 Å². The van der Waals surface area contributed by atoms with Crippen LogP contribution in [0.25, 0.3) is 0 Å². The van der Waals surface area contributed by atoms with Crippen molar-refractivity contribution in [2.24, 2.45) is 5.73 Å². The van der Waals surface area contributed by atoms with Gasteiger partial charge >= 0.3 is 0 Å². The molecule has 21 heavy (non-hydrogen) atoms. The first-order valence-corrected chi connectivity index (χ1v) is 7.50. The van der Waals surface area contributed by atoms with Gasteiger partial charge in [0.25, 0.3) is 0 Å². The minimum Gasteiger partial charge on any atom is -0.320 e. The predicted octanol–water partition coefficient (Wildman–Crippen LogP) is 3.84. The van der Waals surface area contributed by atoms with E-state index in [9.17, 15) is 4.39 Å². The molecule has 0 aliphatic rings.